The van der Waals surface area contributed by atoms with Gasteiger partial charge in [0.15, 0.2) is 0 Å². The van der Waals surface area contributed by atoms with Crippen LogP contribution in [0.5, 0.6) is 0 Å². The molecule has 5 heteroatoms. The lowest BCUT2D eigenvalue weighted by molar-refractivity contribution is -0.137. The first kappa shape index (κ1) is 16.3. The van der Waals surface area contributed by atoms with Crippen molar-refractivity contribution in [1.82, 2.24) is 10.2 Å². The third kappa shape index (κ3) is 4.24. The second-order valence-corrected chi connectivity index (χ2v) is 6.57. The molecule has 5 nitrogen and oxygen atoms in total. The molecule has 0 aromatic heterocycles. The highest BCUT2D eigenvalue weighted by Crippen LogP contribution is 2.32. The molecule has 2 N–H and O–H groups in total. The van der Waals surface area contributed by atoms with Crippen molar-refractivity contribution in [2.75, 3.05) is 37.6 Å². The summed E-state index contributed by atoms with van der Waals surface area (Å²) in [6, 6.07) is 6.71. The second-order valence-electron chi connectivity index (χ2n) is 6.57. The number of hydrogen-bond acceptors (Lipinski definition) is 4. The van der Waals surface area contributed by atoms with Gasteiger partial charge >= 0.3 is 5.97 Å². The third-order valence-electron chi connectivity index (χ3n) is 4.85. The van der Waals surface area contributed by atoms with E-state index in [0.717, 1.165) is 65.1 Å². The van der Waals surface area contributed by atoms with Crippen LogP contribution in [-0.2, 0) is 17.9 Å². The molecule has 2 heterocycles. The minimum atomic E-state index is -0.681. The SMILES string of the molecule is O=C(O)CCCCCN1Cc2cccc(N3CCNCC3)c2C1. The molecule has 0 bridgehead atoms. The molecule has 2 aliphatic heterocycles. The van der Waals surface area contributed by atoms with Crippen LogP contribution in [0.4, 0.5) is 5.69 Å². The van der Waals surface area contributed by atoms with Crippen LogP contribution < -0.4 is 10.2 Å². The number of nitrogens with one attached hydrogen (secondary N) is 1. The van der Waals surface area contributed by atoms with E-state index in [-0.39, 0.29) is 0 Å². The fraction of sp³-hybridized carbons (Fsp3) is 0.611. The van der Waals surface area contributed by atoms with Gasteiger partial charge in [-0.1, -0.05) is 18.6 Å². The number of aliphatic carboxylic acids is 1. The number of carboxylic acids is 1. The number of hydrogen-bond donors (Lipinski definition) is 2. The Labute approximate surface area is 138 Å². The van der Waals surface area contributed by atoms with E-state index in [1.165, 1.54) is 16.8 Å². The fourth-order valence-corrected chi connectivity index (χ4v) is 3.62. The molecule has 0 radical (unpaired) electrons. The van der Waals surface area contributed by atoms with E-state index in [1.807, 2.05) is 0 Å². The van der Waals surface area contributed by atoms with Crippen molar-refractivity contribution in [2.45, 2.75) is 38.8 Å². The van der Waals surface area contributed by atoms with Crippen molar-refractivity contribution in [2.24, 2.45) is 0 Å². The average molecular weight is 317 g/mol. The molecule has 0 amide bonds. The summed E-state index contributed by atoms with van der Waals surface area (Å²) in [5.74, 6) is -0.681. The van der Waals surface area contributed by atoms with E-state index in [9.17, 15) is 4.79 Å². The fourth-order valence-electron chi connectivity index (χ4n) is 3.62. The van der Waals surface area contributed by atoms with E-state index in [1.54, 1.807) is 0 Å². The molecule has 23 heavy (non-hydrogen) atoms. The van der Waals surface area contributed by atoms with Crippen molar-refractivity contribution < 1.29 is 9.90 Å². The molecule has 1 aromatic rings. The van der Waals surface area contributed by atoms with Crippen molar-refractivity contribution >= 4 is 11.7 Å². The van der Waals surface area contributed by atoms with Crippen LogP contribution in [0, 0.1) is 0 Å². The van der Waals surface area contributed by atoms with E-state index >= 15 is 0 Å². The Morgan fingerprint density at radius 3 is 2.74 bits per heavy atom. The van der Waals surface area contributed by atoms with Crippen LogP contribution in [0.2, 0.25) is 0 Å². The zero-order chi connectivity index (χ0) is 16.1. The molecular weight excluding hydrogens is 290 g/mol. The summed E-state index contributed by atoms with van der Waals surface area (Å²) in [4.78, 5) is 15.5. The Morgan fingerprint density at radius 1 is 1.13 bits per heavy atom. The van der Waals surface area contributed by atoms with Crippen LogP contribution in [0.1, 0.15) is 36.8 Å². The zero-order valence-corrected chi connectivity index (χ0v) is 13.8. The molecule has 0 atom stereocenters. The zero-order valence-electron chi connectivity index (χ0n) is 13.8. The molecule has 0 aliphatic carbocycles. The topological polar surface area (TPSA) is 55.8 Å². The van der Waals surface area contributed by atoms with Gasteiger partial charge in [-0.05, 0) is 36.6 Å². The predicted octanol–water partition coefficient (Wildman–Crippen LogP) is 2.06. The number of unbranched alkanes of at least 4 members (excludes halogenated alkanes) is 2. The lowest BCUT2D eigenvalue weighted by Crippen LogP contribution is -2.43. The highest BCUT2D eigenvalue weighted by Gasteiger charge is 2.23. The Hall–Kier alpha value is -1.59. The average Bonchev–Trinajstić information content (AvgIpc) is 2.98. The lowest BCUT2D eigenvalue weighted by atomic mass is 10.1. The van der Waals surface area contributed by atoms with Crippen molar-refractivity contribution in [3.05, 3.63) is 29.3 Å². The van der Waals surface area contributed by atoms with Gasteiger partial charge in [-0.25, -0.2) is 0 Å². The van der Waals surface area contributed by atoms with Gasteiger partial charge in [0.25, 0.3) is 0 Å². The first-order chi connectivity index (χ1) is 11.2. The minimum absolute atomic E-state index is 0.299. The number of fused-ring (bicyclic) bond motifs is 1. The largest absolute Gasteiger partial charge is 0.481 e. The Bertz CT molecular complexity index is 541. The van der Waals surface area contributed by atoms with Gasteiger partial charge < -0.3 is 15.3 Å². The molecule has 2 aliphatic rings. The van der Waals surface area contributed by atoms with Crippen LogP contribution in [-0.4, -0.2) is 48.7 Å². The predicted molar refractivity (Wildman–Crippen MR) is 91.7 cm³/mol. The highest BCUT2D eigenvalue weighted by atomic mass is 16.4. The van der Waals surface area contributed by atoms with Gasteiger partial charge in [0.05, 0.1) is 0 Å². The van der Waals surface area contributed by atoms with Gasteiger partial charge in [0.1, 0.15) is 0 Å². The van der Waals surface area contributed by atoms with E-state index in [4.69, 9.17) is 5.11 Å². The number of rotatable bonds is 7. The Morgan fingerprint density at radius 2 is 1.96 bits per heavy atom. The highest BCUT2D eigenvalue weighted by molar-refractivity contribution is 5.66. The standard InChI is InChI=1S/C18H27N3O2/c22-18(23)7-2-1-3-10-20-13-15-5-4-6-17(16(15)14-20)21-11-8-19-9-12-21/h4-6,19H,1-3,7-14H2,(H,22,23). The number of carboxylic acid groups (broad SMARTS) is 1. The summed E-state index contributed by atoms with van der Waals surface area (Å²) >= 11 is 0. The summed E-state index contributed by atoms with van der Waals surface area (Å²) < 4.78 is 0. The number of anilines is 1. The van der Waals surface area contributed by atoms with Crippen LogP contribution >= 0.6 is 0 Å². The van der Waals surface area contributed by atoms with E-state index in [2.05, 4.69) is 33.3 Å². The normalized spacial score (nSPS) is 18.2. The van der Waals surface area contributed by atoms with Gasteiger partial charge in [-0.15, -0.1) is 0 Å². The van der Waals surface area contributed by atoms with Crippen LogP contribution in [0.25, 0.3) is 0 Å². The maximum absolute atomic E-state index is 10.5. The molecule has 1 fully saturated rings. The summed E-state index contributed by atoms with van der Waals surface area (Å²) in [6.07, 6.45) is 3.18. The van der Waals surface area contributed by atoms with Gasteiger partial charge in [0, 0.05) is 51.4 Å². The molecule has 1 saturated heterocycles. The molecule has 1 aromatic carbocycles. The van der Waals surface area contributed by atoms with Crippen LogP contribution in [0.15, 0.2) is 18.2 Å². The minimum Gasteiger partial charge on any atom is -0.481 e. The molecule has 126 valence electrons. The smallest absolute Gasteiger partial charge is 0.303 e. The summed E-state index contributed by atoms with van der Waals surface area (Å²) in [5.41, 5.74) is 4.38. The lowest BCUT2D eigenvalue weighted by Gasteiger charge is -2.31. The number of nitrogens with zero attached hydrogens (tertiary/aromatic N) is 2. The van der Waals surface area contributed by atoms with Crippen molar-refractivity contribution in [3.8, 4) is 0 Å². The second kappa shape index (κ2) is 7.79. The quantitative estimate of drug-likeness (QED) is 0.754. The Balaban J connectivity index is 1.53. The summed E-state index contributed by atoms with van der Waals surface area (Å²) in [6.45, 7) is 7.45. The van der Waals surface area contributed by atoms with Crippen molar-refractivity contribution in [1.29, 1.82) is 0 Å². The maximum atomic E-state index is 10.5. The molecule has 0 spiro atoms. The van der Waals surface area contributed by atoms with Gasteiger partial charge in [0.2, 0.25) is 0 Å². The summed E-state index contributed by atoms with van der Waals surface area (Å²) in [5, 5.41) is 12.1. The number of benzene rings is 1. The third-order valence-corrected chi connectivity index (χ3v) is 4.85. The van der Waals surface area contributed by atoms with Gasteiger partial charge in [-0.3, -0.25) is 9.69 Å². The van der Waals surface area contributed by atoms with Crippen molar-refractivity contribution in [3.63, 3.8) is 0 Å². The monoisotopic (exact) mass is 317 g/mol. The first-order valence-corrected chi connectivity index (χ1v) is 8.74. The van der Waals surface area contributed by atoms with Gasteiger partial charge in [-0.2, -0.15) is 0 Å². The maximum Gasteiger partial charge on any atom is 0.303 e. The molecule has 0 unspecified atom stereocenters. The first-order valence-electron chi connectivity index (χ1n) is 8.74. The molecule has 3 rings (SSSR count). The number of carbonyl (C=O) groups is 1. The number of piperazine rings is 1. The summed E-state index contributed by atoms with van der Waals surface area (Å²) in [7, 11) is 0. The molecular formula is C18H27N3O2. The van der Waals surface area contributed by atoms with E-state index in [0.29, 0.717) is 6.42 Å². The van der Waals surface area contributed by atoms with Crippen LogP contribution in [0.3, 0.4) is 0 Å². The van der Waals surface area contributed by atoms with E-state index < -0.39 is 5.97 Å². The molecule has 0 saturated carbocycles. The Kier molecular flexibility index (Phi) is 5.51.